The zero-order valence-electron chi connectivity index (χ0n) is 12.2. The van der Waals surface area contributed by atoms with Crippen LogP contribution in [-0.4, -0.2) is 33.3 Å². The number of rotatable bonds is 8. The van der Waals surface area contributed by atoms with Gasteiger partial charge in [-0.15, -0.1) is 5.10 Å². The van der Waals surface area contributed by atoms with Crippen molar-refractivity contribution in [3.8, 4) is 0 Å². The lowest BCUT2D eigenvalue weighted by Crippen LogP contribution is -2.17. The van der Waals surface area contributed by atoms with Gasteiger partial charge in [0.05, 0.1) is 5.69 Å². The quantitative estimate of drug-likeness (QED) is 0.723. The highest BCUT2D eigenvalue weighted by Crippen LogP contribution is 2.10. The molecule has 0 unspecified atom stereocenters. The molecule has 0 saturated heterocycles. The summed E-state index contributed by atoms with van der Waals surface area (Å²) < 4.78 is 14.7. The van der Waals surface area contributed by atoms with E-state index in [2.05, 4.69) is 15.6 Å². The highest BCUT2D eigenvalue weighted by Gasteiger charge is 2.02. The van der Waals surface area contributed by atoms with E-state index < -0.39 is 0 Å². The van der Waals surface area contributed by atoms with E-state index in [0.29, 0.717) is 19.5 Å². The number of hydrogen-bond donors (Lipinski definition) is 2. The van der Waals surface area contributed by atoms with Crippen molar-refractivity contribution in [1.82, 2.24) is 20.3 Å². The van der Waals surface area contributed by atoms with Gasteiger partial charge < -0.3 is 10.4 Å². The van der Waals surface area contributed by atoms with Gasteiger partial charge in [0.25, 0.3) is 0 Å². The number of aliphatic hydroxyl groups excluding tert-OH is 1. The summed E-state index contributed by atoms with van der Waals surface area (Å²) in [5.74, 6) is -0.191. The molecule has 1 heterocycles. The lowest BCUT2D eigenvalue weighted by Gasteiger charge is -2.06. The van der Waals surface area contributed by atoms with Crippen LogP contribution in [0.4, 0.5) is 4.39 Å². The number of aliphatic hydroxyl groups is 1. The molecule has 5 nitrogen and oxygen atoms in total. The van der Waals surface area contributed by atoms with E-state index >= 15 is 0 Å². The fourth-order valence-electron chi connectivity index (χ4n) is 2.14. The smallest absolute Gasteiger partial charge is 0.123 e. The van der Waals surface area contributed by atoms with E-state index in [1.807, 2.05) is 19.2 Å². The lowest BCUT2D eigenvalue weighted by atomic mass is 10.1. The molecule has 2 N–H and O–H groups in total. The minimum absolute atomic E-state index is 0.157. The Kier molecular flexibility index (Phi) is 5.83. The minimum Gasteiger partial charge on any atom is -0.396 e. The Morgan fingerprint density at radius 2 is 2.24 bits per heavy atom. The first-order valence-electron chi connectivity index (χ1n) is 7.14. The van der Waals surface area contributed by atoms with E-state index in [1.165, 1.54) is 6.07 Å². The average molecular weight is 292 g/mol. The van der Waals surface area contributed by atoms with Crippen molar-refractivity contribution in [1.29, 1.82) is 0 Å². The summed E-state index contributed by atoms with van der Waals surface area (Å²) in [6.07, 6.45) is 3.41. The first-order valence-corrected chi connectivity index (χ1v) is 7.14. The van der Waals surface area contributed by atoms with Crippen molar-refractivity contribution in [2.75, 3.05) is 13.2 Å². The van der Waals surface area contributed by atoms with Crippen LogP contribution in [-0.2, 0) is 19.5 Å². The van der Waals surface area contributed by atoms with Crippen LogP contribution in [0.3, 0.4) is 0 Å². The Balaban J connectivity index is 1.73. The van der Waals surface area contributed by atoms with E-state index in [-0.39, 0.29) is 12.4 Å². The van der Waals surface area contributed by atoms with Gasteiger partial charge in [-0.25, -0.2) is 4.39 Å². The van der Waals surface area contributed by atoms with Crippen LogP contribution >= 0.6 is 0 Å². The van der Waals surface area contributed by atoms with Crippen LogP contribution in [0, 0.1) is 12.7 Å². The first-order chi connectivity index (χ1) is 10.2. The topological polar surface area (TPSA) is 63.0 Å². The van der Waals surface area contributed by atoms with Gasteiger partial charge in [0.15, 0.2) is 0 Å². The molecule has 0 atom stereocenters. The van der Waals surface area contributed by atoms with Crippen molar-refractivity contribution < 1.29 is 9.50 Å². The Hall–Kier alpha value is -1.79. The van der Waals surface area contributed by atoms with Crippen molar-refractivity contribution in [3.63, 3.8) is 0 Å². The Morgan fingerprint density at radius 1 is 1.38 bits per heavy atom. The maximum Gasteiger partial charge on any atom is 0.123 e. The molecule has 0 aliphatic rings. The summed E-state index contributed by atoms with van der Waals surface area (Å²) in [6.45, 7) is 4.21. The normalized spacial score (nSPS) is 11.0. The predicted molar refractivity (Wildman–Crippen MR) is 78.3 cm³/mol. The molecule has 2 rings (SSSR count). The summed E-state index contributed by atoms with van der Waals surface area (Å²) in [4.78, 5) is 0. The zero-order chi connectivity index (χ0) is 15.1. The molecule has 0 radical (unpaired) electrons. The average Bonchev–Trinajstić information content (AvgIpc) is 2.91. The second-order valence-corrected chi connectivity index (χ2v) is 5.05. The van der Waals surface area contributed by atoms with Crippen LogP contribution < -0.4 is 5.32 Å². The van der Waals surface area contributed by atoms with Gasteiger partial charge in [0, 0.05) is 25.9 Å². The largest absolute Gasteiger partial charge is 0.396 e. The third-order valence-electron chi connectivity index (χ3n) is 3.31. The third-order valence-corrected chi connectivity index (χ3v) is 3.31. The van der Waals surface area contributed by atoms with E-state index in [1.54, 1.807) is 10.7 Å². The number of halogens is 1. The molecule has 6 heteroatoms. The number of aryl methyl sites for hydroxylation is 2. The Morgan fingerprint density at radius 3 is 3.00 bits per heavy atom. The van der Waals surface area contributed by atoms with Crippen molar-refractivity contribution in [2.45, 2.75) is 32.9 Å². The summed E-state index contributed by atoms with van der Waals surface area (Å²) in [5.41, 5.74) is 3.01. The highest BCUT2D eigenvalue weighted by molar-refractivity contribution is 5.26. The molecule has 1 aromatic heterocycles. The fourth-order valence-corrected chi connectivity index (χ4v) is 2.14. The number of benzene rings is 1. The summed E-state index contributed by atoms with van der Waals surface area (Å²) >= 11 is 0. The highest BCUT2D eigenvalue weighted by atomic mass is 19.1. The molecule has 21 heavy (non-hydrogen) atoms. The van der Waals surface area contributed by atoms with Crippen molar-refractivity contribution >= 4 is 0 Å². The Bertz CT molecular complexity index is 571. The molecule has 1 aromatic carbocycles. The van der Waals surface area contributed by atoms with Crippen molar-refractivity contribution in [3.05, 3.63) is 47.0 Å². The number of nitrogens with zero attached hydrogens (tertiary/aromatic N) is 3. The second-order valence-electron chi connectivity index (χ2n) is 5.05. The predicted octanol–water partition coefficient (Wildman–Crippen LogP) is 1.44. The SMILES string of the molecule is Cc1cc(F)ccc1CCNCc1cn(CCCO)nn1. The molecular formula is C15H21FN4O. The molecule has 0 aliphatic carbocycles. The maximum atomic E-state index is 13.0. The Labute approximate surface area is 123 Å². The van der Waals surface area contributed by atoms with Gasteiger partial charge in [-0.2, -0.15) is 0 Å². The standard InChI is InChI=1S/C15H21FN4O/c1-12-9-14(16)4-3-13(12)5-6-17-10-15-11-20(19-18-15)7-2-8-21/h3-4,9,11,17,21H,2,5-8,10H2,1H3. The summed E-state index contributed by atoms with van der Waals surface area (Å²) in [5, 5.41) is 20.1. The molecule has 0 aliphatic heterocycles. The van der Waals surface area contributed by atoms with Crippen LogP contribution in [0.1, 0.15) is 23.2 Å². The van der Waals surface area contributed by atoms with Crippen LogP contribution in [0.15, 0.2) is 24.4 Å². The molecule has 0 amide bonds. The lowest BCUT2D eigenvalue weighted by molar-refractivity contribution is 0.276. The molecule has 2 aromatic rings. The zero-order valence-corrected chi connectivity index (χ0v) is 12.2. The van der Waals surface area contributed by atoms with Gasteiger partial charge in [0.2, 0.25) is 0 Å². The van der Waals surface area contributed by atoms with Gasteiger partial charge >= 0.3 is 0 Å². The first kappa shape index (κ1) is 15.6. The van der Waals surface area contributed by atoms with E-state index in [4.69, 9.17) is 5.11 Å². The molecule has 0 bridgehead atoms. The van der Waals surface area contributed by atoms with Crippen LogP contribution in [0.25, 0.3) is 0 Å². The van der Waals surface area contributed by atoms with Crippen molar-refractivity contribution in [2.24, 2.45) is 0 Å². The van der Waals surface area contributed by atoms with E-state index in [9.17, 15) is 4.39 Å². The molecule has 0 saturated carbocycles. The summed E-state index contributed by atoms with van der Waals surface area (Å²) in [7, 11) is 0. The second kappa shape index (κ2) is 7.85. The fraction of sp³-hybridized carbons (Fsp3) is 0.467. The molecule has 0 spiro atoms. The number of hydrogen-bond acceptors (Lipinski definition) is 4. The van der Waals surface area contributed by atoms with Gasteiger partial charge in [0.1, 0.15) is 5.82 Å². The summed E-state index contributed by atoms with van der Waals surface area (Å²) in [6, 6.07) is 4.88. The third kappa shape index (κ3) is 4.91. The monoisotopic (exact) mass is 292 g/mol. The van der Waals surface area contributed by atoms with Crippen LogP contribution in [0.5, 0.6) is 0 Å². The van der Waals surface area contributed by atoms with Crippen LogP contribution in [0.2, 0.25) is 0 Å². The molecule has 114 valence electrons. The van der Waals surface area contributed by atoms with Gasteiger partial charge in [-0.3, -0.25) is 4.68 Å². The minimum atomic E-state index is -0.191. The number of nitrogens with one attached hydrogen (secondary N) is 1. The maximum absolute atomic E-state index is 13.0. The number of aromatic nitrogens is 3. The van der Waals surface area contributed by atoms with Gasteiger partial charge in [-0.1, -0.05) is 11.3 Å². The van der Waals surface area contributed by atoms with Gasteiger partial charge in [-0.05, 0) is 49.6 Å². The van der Waals surface area contributed by atoms with E-state index in [0.717, 1.165) is 29.8 Å². The molecule has 0 fully saturated rings. The molecular weight excluding hydrogens is 271 g/mol.